The molecule has 0 bridgehead atoms. The van der Waals surface area contributed by atoms with Gasteiger partial charge >= 0.3 is 0 Å². The van der Waals surface area contributed by atoms with Crippen molar-refractivity contribution in [2.24, 2.45) is 0 Å². The first-order valence-electron chi connectivity index (χ1n) is 7.87. The summed E-state index contributed by atoms with van der Waals surface area (Å²) in [6, 6.07) is 7.31. The molecule has 1 fully saturated rings. The molecule has 5 nitrogen and oxygen atoms in total. The lowest BCUT2D eigenvalue weighted by Gasteiger charge is -2.31. The summed E-state index contributed by atoms with van der Waals surface area (Å²) >= 11 is 0. The number of nitrogens with zero attached hydrogens (tertiary/aromatic N) is 3. The number of piperidine rings is 1. The summed E-state index contributed by atoms with van der Waals surface area (Å²) in [5.41, 5.74) is 0.168. The average molecular weight is 332 g/mol. The van der Waals surface area contributed by atoms with Gasteiger partial charge < -0.3 is 5.32 Å². The maximum absolute atomic E-state index is 13.9. The second-order valence-corrected chi connectivity index (χ2v) is 5.84. The molecule has 1 saturated heterocycles. The number of halogens is 2. The van der Waals surface area contributed by atoms with E-state index in [1.807, 2.05) is 4.90 Å². The molecule has 0 unspecified atom stereocenters. The summed E-state index contributed by atoms with van der Waals surface area (Å²) in [7, 11) is 0. The zero-order valence-corrected chi connectivity index (χ0v) is 13.1. The van der Waals surface area contributed by atoms with Crippen LogP contribution in [0.25, 0.3) is 0 Å². The Morgan fingerprint density at radius 3 is 2.50 bits per heavy atom. The fourth-order valence-corrected chi connectivity index (χ4v) is 3.03. The third-order valence-corrected chi connectivity index (χ3v) is 4.20. The van der Waals surface area contributed by atoms with Crippen LogP contribution in [-0.2, 0) is 4.79 Å². The summed E-state index contributed by atoms with van der Waals surface area (Å²) in [5.74, 6) is -0.898. The zero-order chi connectivity index (χ0) is 16.9. The summed E-state index contributed by atoms with van der Waals surface area (Å²) in [6.45, 7) is 1.46. The SMILES string of the molecule is O=C(CN1CCC(c2c(F)cccc2F)CC1)Nc1cccnn1. The highest BCUT2D eigenvalue weighted by Gasteiger charge is 2.26. The van der Waals surface area contributed by atoms with E-state index >= 15 is 0 Å². The average Bonchev–Trinajstić information content (AvgIpc) is 2.57. The minimum atomic E-state index is -0.492. The van der Waals surface area contributed by atoms with Gasteiger partial charge in [0.1, 0.15) is 11.6 Å². The van der Waals surface area contributed by atoms with Gasteiger partial charge in [-0.3, -0.25) is 9.69 Å². The summed E-state index contributed by atoms with van der Waals surface area (Å²) in [4.78, 5) is 14.0. The maximum atomic E-state index is 13.9. The molecule has 1 aliphatic heterocycles. The number of hydrogen-bond donors (Lipinski definition) is 1. The Hall–Kier alpha value is -2.41. The van der Waals surface area contributed by atoms with Crippen LogP contribution in [0, 0.1) is 11.6 Å². The number of likely N-dealkylation sites (tertiary alicyclic amines) is 1. The number of amides is 1. The van der Waals surface area contributed by atoms with Crippen LogP contribution < -0.4 is 5.32 Å². The molecular formula is C17H18F2N4O. The van der Waals surface area contributed by atoms with Gasteiger partial charge in [0.25, 0.3) is 0 Å². The van der Waals surface area contributed by atoms with Crippen molar-refractivity contribution < 1.29 is 13.6 Å². The van der Waals surface area contributed by atoms with E-state index < -0.39 is 11.6 Å². The van der Waals surface area contributed by atoms with Crippen LogP contribution in [0.5, 0.6) is 0 Å². The number of hydrogen-bond acceptors (Lipinski definition) is 4. The van der Waals surface area contributed by atoms with E-state index in [0.717, 1.165) is 0 Å². The van der Waals surface area contributed by atoms with Crippen molar-refractivity contribution in [3.8, 4) is 0 Å². The Balaban J connectivity index is 1.53. The van der Waals surface area contributed by atoms with Crippen LogP contribution in [0.3, 0.4) is 0 Å². The third-order valence-electron chi connectivity index (χ3n) is 4.20. The predicted octanol–water partition coefficient (Wildman–Crippen LogP) is 2.57. The second kappa shape index (κ2) is 7.44. The number of aromatic nitrogens is 2. The molecule has 0 radical (unpaired) electrons. The number of benzene rings is 1. The molecule has 1 aromatic heterocycles. The smallest absolute Gasteiger partial charge is 0.239 e. The molecule has 0 aliphatic carbocycles. The Morgan fingerprint density at radius 2 is 1.88 bits per heavy atom. The molecule has 2 aromatic rings. The maximum Gasteiger partial charge on any atom is 0.239 e. The van der Waals surface area contributed by atoms with Crippen LogP contribution >= 0.6 is 0 Å². The van der Waals surface area contributed by atoms with Crippen molar-refractivity contribution in [3.63, 3.8) is 0 Å². The first-order chi connectivity index (χ1) is 11.6. The third kappa shape index (κ3) is 3.91. The number of nitrogens with one attached hydrogen (secondary N) is 1. The molecule has 0 saturated carbocycles. The number of rotatable bonds is 4. The van der Waals surface area contributed by atoms with Crippen molar-refractivity contribution in [2.45, 2.75) is 18.8 Å². The van der Waals surface area contributed by atoms with Crippen LogP contribution in [0.15, 0.2) is 36.5 Å². The molecule has 0 atom stereocenters. The van der Waals surface area contributed by atoms with Gasteiger partial charge in [-0.05, 0) is 56.1 Å². The van der Waals surface area contributed by atoms with E-state index in [0.29, 0.717) is 31.7 Å². The Labute approximate surface area is 138 Å². The quantitative estimate of drug-likeness (QED) is 0.935. The highest BCUT2D eigenvalue weighted by atomic mass is 19.1. The van der Waals surface area contributed by atoms with Crippen LogP contribution in [0.1, 0.15) is 24.3 Å². The van der Waals surface area contributed by atoms with Gasteiger partial charge in [0.2, 0.25) is 5.91 Å². The van der Waals surface area contributed by atoms with Crippen LogP contribution in [-0.4, -0.2) is 40.6 Å². The summed E-state index contributed by atoms with van der Waals surface area (Å²) in [5, 5.41) is 10.2. The van der Waals surface area contributed by atoms with Gasteiger partial charge in [-0.1, -0.05) is 6.07 Å². The lowest BCUT2D eigenvalue weighted by molar-refractivity contribution is -0.117. The number of carbonyl (C=O) groups excluding carboxylic acids is 1. The molecule has 2 heterocycles. The van der Waals surface area contributed by atoms with Crippen molar-refractivity contribution in [2.75, 3.05) is 25.0 Å². The lowest BCUT2D eigenvalue weighted by Crippen LogP contribution is -2.39. The predicted molar refractivity (Wildman–Crippen MR) is 85.4 cm³/mol. The monoisotopic (exact) mass is 332 g/mol. The van der Waals surface area contributed by atoms with E-state index in [-0.39, 0.29) is 23.9 Å². The Morgan fingerprint density at radius 1 is 1.17 bits per heavy atom. The van der Waals surface area contributed by atoms with Gasteiger partial charge in [0.15, 0.2) is 5.82 Å². The standard InChI is InChI=1S/C17H18F2N4O/c18-13-3-1-4-14(19)17(13)12-6-9-23(10-7-12)11-16(24)21-15-5-2-8-20-22-15/h1-5,8,12H,6-7,9-11H2,(H,21,22,24). The summed E-state index contributed by atoms with van der Waals surface area (Å²) < 4.78 is 27.7. The highest BCUT2D eigenvalue weighted by Crippen LogP contribution is 2.31. The van der Waals surface area contributed by atoms with E-state index in [1.165, 1.54) is 24.4 Å². The summed E-state index contributed by atoms with van der Waals surface area (Å²) in [6.07, 6.45) is 2.77. The highest BCUT2D eigenvalue weighted by molar-refractivity contribution is 5.91. The first-order valence-corrected chi connectivity index (χ1v) is 7.87. The topological polar surface area (TPSA) is 58.1 Å². The molecule has 7 heteroatoms. The Kier molecular flexibility index (Phi) is 5.10. The second-order valence-electron chi connectivity index (χ2n) is 5.84. The molecule has 1 N–H and O–H groups in total. The molecule has 0 spiro atoms. The number of anilines is 1. The van der Waals surface area contributed by atoms with Crippen LogP contribution in [0.2, 0.25) is 0 Å². The van der Waals surface area contributed by atoms with Crippen LogP contribution in [0.4, 0.5) is 14.6 Å². The number of carbonyl (C=O) groups is 1. The molecular weight excluding hydrogens is 314 g/mol. The molecule has 24 heavy (non-hydrogen) atoms. The molecule has 1 amide bonds. The Bertz CT molecular complexity index is 683. The minimum absolute atomic E-state index is 0.148. The lowest BCUT2D eigenvalue weighted by atomic mass is 9.88. The molecule has 126 valence electrons. The van der Waals surface area contributed by atoms with Gasteiger partial charge in [-0.25, -0.2) is 8.78 Å². The van der Waals surface area contributed by atoms with Crippen molar-refractivity contribution in [1.29, 1.82) is 0 Å². The van der Waals surface area contributed by atoms with Crippen molar-refractivity contribution in [3.05, 3.63) is 53.7 Å². The van der Waals surface area contributed by atoms with Gasteiger partial charge in [-0.15, -0.1) is 5.10 Å². The van der Waals surface area contributed by atoms with E-state index in [2.05, 4.69) is 15.5 Å². The van der Waals surface area contributed by atoms with Gasteiger partial charge in [0.05, 0.1) is 6.54 Å². The van der Waals surface area contributed by atoms with E-state index in [9.17, 15) is 13.6 Å². The normalized spacial score (nSPS) is 16.1. The largest absolute Gasteiger partial charge is 0.308 e. The van der Waals surface area contributed by atoms with E-state index in [1.54, 1.807) is 12.1 Å². The minimum Gasteiger partial charge on any atom is -0.308 e. The molecule has 1 aromatic carbocycles. The van der Waals surface area contributed by atoms with Gasteiger partial charge in [-0.2, -0.15) is 5.10 Å². The molecule has 3 rings (SSSR count). The van der Waals surface area contributed by atoms with Gasteiger partial charge in [0, 0.05) is 11.8 Å². The fourth-order valence-electron chi connectivity index (χ4n) is 3.03. The van der Waals surface area contributed by atoms with E-state index in [4.69, 9.17) is 0 Å². The van der Waals surface area contributed by atoms with Crippen molar-refractivity contribution in [1.82, 2.24) is 15.1 Å². The fraction of sp³-hybridized carbons (Fsp3) is 0.353. The van der Waals surface area contributed by atoms with Crippen molar-refractivity contribution >= 4 is 11.7 Å². The zero-order valence-electron chi connectivity index (χ0n) is 13.1. The first kappa shape index (κ1) is 16.4. The molecule has 1 aliphatic rings.